The number of amides is 1. The van der Waals surface area contributed by atoms with Crippen molar-refractivity contribution in [1.82, 2.24) is 0 Å². The van der Waals surface area contributed by atoms with E-state index >= 15 is 0 Å². The van der Waals surface area contributed by atoms with Gasteiger partial charge in [0.25, 0.3) is 0 Å². The van der Waals surface area contributed by atoms with Crippen LogP contribution in [0.3, 0.4) is 0 Å². The number of carbonyl (C=O) groups is 1. The van der Waals surface area contributed by atoms with Gasteiger partial charge >= 0.3 is 0 Å². The Bertz CT molecular complexity index is 808. The largest absolute Gasteiger partial charge is 0.326 e. The molecule has 1 N–H and O–H groups in total. The first-order valence-corrected chi connectivity index (χ1v) is 8.58. The average Bonchev–Trinajstić information content (AvgIpc) is 3.18. The Morgan fingerprint density at radius 1 is 1.09 bits per heavy atom. The van der Waals surface area contributed by atoms with Crippen LogP contribution in [0.5, 0.6) is 0 Å². The molecule has 108 valence electrons. The van der Waals surface area contributed by atoms with Gasteiger partial charge in [0.2, 0.25) is 5.91 Å². The minimum absolute atomic E-state index is 0.0123. The number of carbonyl (C=O) groups excluding carboxylic acids is 1. The van der Waals surface area contributed by atoms with Crippen molar-refractivity contribution in [2.24, 2.45) is 0 Å². The summed E-state index contributed by atoms with van der Waals surface area (Å²) >= 11 is 3.22. The molecule has 2 heterocycles. The summed E-state index contributed by atoms with van der Waals surface area (Å²) in [6.07, 6.45) is 0.397. The molecule has 0 unspecified atom stereocenters. The van der Waals surface area contributed by atoms with Gasteiger partial charge in [-0.05, 0) is 52.0 Å². The molecule has 0 saturated heterocycles. The zero-order chi connectivity index (χ0) is 15.2. The third-order valence-corrected chi connectivity index (χ3v) is 4.46. The van der Waals surface area contributed by atoms with E-state index in [-0.39, 0.29) is 5.91 Å². The van der Waals surface area contributed by atoms with Gasteiger partial charge in [-0.3, -0.25) is 4.79 Å². The summed E-state index contributed by atoms with van der Waals surface area (Å²) in [5.74, 6) is 6.22. The van der Waals surface area contributed by atoms with Gasteiger partial charge in [0.1, 0.15) is 0 Å². The maximum atomic E-state index is 12.0. The number of benzene rings is 1. The van der Waals surface area contributed by atoms with E-state index in [1.54, 1.807) is 22.7 Å². The summed E-state index contributed by atoms with van der Waals surface area (Å²) in [4.78, 5) is 13.0. The Hall–Kier alpha value is -2.35. The Morgan fingerprint density at radius 3 is 2.82 bits per heavy atom. The van der Waals surface area contributed by atoms with Crippen molar-refractivity contribution in [3.63, 3.8) is 0 Å². The summed E-state index contributed by atoms with van der Waals surface area (Å²) < 4.78 is 0. The van der Waals surface area contributed by atoms with Crippen LogP contribution in [0.2, 0.25) is 0 Å². The van der Waals surface area contributed by atoms with Crippen molar-refractivity contribution in [1.29, 1.82) is 0 Å². The molecule has 0 aliphatic heterocycles. The molecule has 3 rings (SSSR count). The first-order valence-electron chi connectivity index (χ1n) is 6.76. The lowest BCUT2D eigenvalue weighted by molar-refractivity contribution is -0.115. The Labute approximate surface area is 137 Å². The highest BCUT2D eigenvalue weighted by Gasteiger charge is 2.04. The minimum Gasteiger partial charge on any atom is -0.326 e. The fourth-order valence-corrected chi connectivity index (χ4v) is 3.18. The smallest absolute Gasteiger partial charge is 0.228 e. The second-order valence-electron chi connectivity index (χ2n) is 4.66. The van der Waals surface area contributed by atoms with Crippen molar-refractivity contribution in [2.75, 3.05) is 5.32 Å². The molecule has 0 aliphatic rings. The molecule has 0 spiro atoms. The molecule has 1 aromatic carbocycles. The van der Waals surface area contributed by atoms with Crippen molar-refractivity contribution >= 4 is 34.3 Å². The minimum atomic E-state index is -0.0123. The number of anilines is 1. The van der Waals surface area contributed by atoms with Crippen molar-refractivity contribution in [2.45, 2.75) is 6.42 Å². The Morgan fingerprint density at radius 2 is 2.05 bits per heavy atom. The quantitative estimate of drug-likeness (QED) is 0.712. The zero-order valence-corrected chi connectivity index (χ0v) is 13.3. The Balaban J connectivity index is 1.67. The predicted molar refractivity (Wildman–Crippen MR) is 93.4 cm³/mol. The first kappa shape index (κ1) is 14.6. The van der Waals surface area contributed by atoms with Gasteiger partial charge < -0.3 is 5.32 Å². The highest BCUT2D eigenvalue weighted by Crippen LogP contribution is 2.13. The number of thiophene rings is 2. The second kappa shape index (κ2) is 7.08. The summed E-state index contributed by atoms with van der Waals surface area (Å²) in [6.45, 7) is 0. The van der Waals surface area contributed by atoms with E-state index in [4.69, 9.17) is 0 Å². The molecule has 0 aliphatic carbocycles. The number of hydrogen-bond acceptors (Lipinski definition) is 3. The van der Waals surface area contributed by atoms with Gasteiger partial charge in [-0.2, -0.15) is 11.3 Å². The number of nitrogens with one attached hydrogen (secondary N) is 1. The van der Waals surface area contributed by atoms with Crippen LogP contribution in [-0.4, -0.2) is 5.91 Å². The van der Waals surface area contributed by atoms with Crippen molar-refractivity contribution in [3.05, 3.63) is 74.6 Å². The van der Waals surface area contributed by atoms with Gasteiger partial charge in [-0.15, -0.1) is 11.3 Å². The van der Waals surface area contributed by atoms with E-state index in [1.165, 1.54) is 0 Å². The van der Waals surface area contributed by atoms with Crippen LogP contribution >= 0.6 is 22.7 Å². The van der Waals surface area contributed by atoms with Gasteiger partial charge in [-0.25, -0.2) is 0 Å². The van der Waals surface area contributed by atoms with Gasteiger partial charge in [0.15, 0.2) is 0 Å². The molecule has 0 bridgehead atoms. The topological polar surface area (TPSA) is 29.1 Å². The molecule has 22 heavy (non-hydrogen) atoms. The number of rotatable bonds is 3. The summed E-state index contributed by atoms with van der Waals surface area (Å²) in [5.41, 5.74) is 2.70. The van der Waals surface area contributed by atoms with E-state index < -0.39 is 0 Å². The fourth-order valence-electron chi connectivity index (χ4n) is 1.94. The van der Waals surface area contributed by atoms with Crippen molar-refractivity contribution < 1.29 is 4.79 Å². The molecule has 2 nitrogen and oxygen atoms in total. The van der Waals surface area contributed by atoms with Gasteiger partial charge in [0, 0.05) is 11.3 Å². The highest BCUT2D eigenvalue weighted by atomic mass is 32.1. The van der Waals surface area contributed by atoms with Crippen molar-refractivity contribution in [3.8, 4) is 11.8 Å². The zero-order valence-electron chi connectivity index (χ0n) is 11.7. The summed E-state index contributed by atoms with van der Waals surface area (Å²) in [7, 11) is 0. The lowest BCUT2D eigenvalue weighted by Gasteiger charge is -2.04. The van der Waals surface area contributed by atoms with Crippen LogP contribution in [-0.2, 0) is 11.2 Å². The van der Waals surface area contributed by atoms with Crippen LogP contribution in [0.4, 0.5) is 5.69 Å². The Kier molecular flexibility index (Phi) is 4.69. The van der Waals surface area contributed by atoms with E-state index in [9.17, 15) is 4.79 Å². The lowest BCUT2D eigenvalue weighted by Crippen LogP contribution is -2.13. The van der Waals surface area contributed by atoms with Gasteiger partial charge in [-0.1, -0.05) is 24.0 Å². The molecule has 0 saturated carbocycles. The maximum Gasteiger partial charge on any atom is 0.228 e. The van der Waals surface area contributed by atoms with Gasteiger partial charge in [0.05, 0.1) is 11.3 Å². The molecule has 0 fully saturated rings. The molecule has 4 heteroatoms. The van der Waals surface area contributed by atoms with E-state index in [0.29, 0.717) is 6.42 Å². The third-order valence-electron chi connectivity index (χ3n) is 2.94. The average molecular weight is 323 g/mol. The summed E-state index contributed by atoms with van der Waals surface area (Å²) in [5, 5.41) is 8.88. The highest BCUT2D eigenvalue weighted by molar-refractivity contribution is 7.10. The van der Waals surface area contributed by atoms with E-state index in [1.807, 2.05) is 58.6 Å². The normalized spacial score (nSPS) is 9.82. The molecular weight excluding hydrogens is 310 g/mol. The molecule has 3 aromatic rings. The van der Waals surface area contributed by atoms with Crippen LogP contribution in [0.1, 0.15) is 16.0 Å². The van der Waals surface area contributed by atoms with E-state index in [0.717, 1.165) is 21.7 Å². The SMILES string of the molecule is O=C(Cc1ccsc1)Nc1cccc(C#Cc2cccs2)c1. The fraction of sp³-hybridized carbons (Fsp3) is 0.0556. The van der Waals surface area contributed by atoms with Crippen LogP contribution in [0, 0.1) is 11.8 Å². The molecule has 0 atom stereocenters. The summed E-state index contributed by atoms with van der Waals surface area (Å²) in [6, 6.07) is 13.6. The second-order valence-corrected chi connectivity index (χ2v) is 6.39. The predicted octanol–water partition coefficient (Wildman–Crippen LogP) is 4.39. The molecule has 0 radical (unpaired) electrons. The number of hydrogen-bond donors (Lipinski definition) is 1. The van der Waals surface area contributed by atoms with Crippen LogP contribution in [0.25, 0.3) is 0 Å². The standard InChI is InChI=1S/C18H13NOS2/c20-18(12-15-8-10-21-13-15)19-16-4-1-3-14(11-16)6-7-17-5-2-9-22-17/h1-5,8-11,13H,12H2,(H,19,20). The van der Waals surface area contributed by atoms with Crippen LogP contribution < -0.4 is 5.32 Å². The maximum absolute atomic E-state index is 12.0. The van der Waals surface area contributed by atoms with Crippen LogP contribution in [0.15, 0.2) is 58.6 Å². The third kappa shape index (κ3) is 4.08. The molecular formula is C18H13NOS2. The van der Waals surface area contributed by atoms with E-state index in [2.05, 4.69) is 17.2 Å². The molecule has 2 aromatic heterocycles. The first-order chi connectivity index (χ1) is 10.8. The lowest BCUT2D eigenvalue weighted by atomic mass is 10.2. The monoisotopic (exact) mass is 323 g/mol. The molecule has 1 amide bonds.